The highest BCUT2D eigenvalue weighted by atomic mass is 79.9. The molecule has 0 saturated heterocycles. The van der Waals surface area contributed by atoms with Gasteiger partial charge in [0.1, 0.15) is 29.4 Å². The average molecular weight is 626 g/mol. The molecule has 1 unspecified atom stereocenters. The zero-order valence-corrected chi connectivity index (χ0v) is 24.0. The Hall–Kier alpha value is -3.82. The van der Waals surface area contributed by atoms with Gasteiger partial charge in [-0.2, -0.15) is 0 Å². The molecule has 1 aliphatic carbocycles. The SMILES string of the molecule is CC1(C)CC(=O)C2=C(C1)Nc1c(O)cccc1N(C(=O)CC(=O)O)C2c1ccc(Oc2ccccc2Br)cc1Cl. The average Bonchev–Trinajstić information content (AvgIpc) is 3.00. The second-order valence-electron chi connectivity index (χ2n) is 10.6. The van der Waals surface area contributed by atoms with Crippen molar-refractivity contribution < 1.29 is 29.3 Å². The van der Waals surface area contributed by atoms with E-state index in [0.29, 0.717) is 34.8 Å². The van der Waals surface area contributed by atoms with E-state index in [1.807, 2.05) is 32.0 Å². The van der Waals surface area contributed by atoms with Gasteiger partial charge >= 0.3 is 5.97 Å². The van der Waals surface area contributed by atoms with Gasteiger partial charge in [0.2, 0.25) is 5.91 Å². The molecule has 3 aromatic carbocycles. The van der Waals surface area contributed by atoms with Crippen LogP contribution in [-0.4, -0.2) is 27.9 Å². The number of rotatable bonds is 5. The molecule has 40 heavy (non-hydrogen) atoms. The number of ether oxygens (including phenoxy) is 1. The Morgan fingerprint density at radius 1 is 1.12 bits per heavy atom. The number of allylic oxidation sites excluding steroid dienone is 1. The van der Waals surface area contributed by atoms with Crippen molar-refractivity contribution in [3.8, 4) is 17.2 Å². The van der Waals surface area contributed by atoms with E-state index in [1.54, 1.807) is 36.4 Å². The molecule has 1 atom stereocenters. The molecule has 0 aromatic heterocycles. The topological polar surface area (TPSA) is 116 Å². The second kappa shape index (κ2) is 10.6. The molecule has 3 aromatic rings. The number of hydrogen-bond donors (Lipinski definition) is 3. The smallest absolute Gasteiger partial charge is 0.312 e. The van der Waals surface area contributed by atoms with Crippen molar-refractivity contribution in [3.63, 3.8) is 0 Å². The van der Waals surface area contributed by atoms with Crippen LogP contribution in [0.15, 0.2) is 76.4 Å². The number of phenolic OH excluding ortho intramolecular Hbond substituents is 1. The Kier molecular flexibility index (Phi) is 7.37. The fourth-order valence-corrected chi connectivity index (χ4v) is 5.91. The number of carboxylic acid groups (broad SMARTS) is 1. The number of ketones is 1. The summed E-state index contributed by atoms with van der Waals surface area (Å²) in [4.78, 5) is 40.3. The summed E-state index contributed by atoms with van der Waals surface area (Å²) < 4.78 is 6.74. The van der Waals surface area contributed by atoms with Crippen LogP contribution in [-0.2, 0) is 14.4 Å². The number of fused-ring (bicyclic) bond motifs is 1. The first-order valence-electron chi connectivity index (χ1n) is 12.6. The summed E-state index contributed by atoms with van der Waals surface area (Å²) >= 11 is 10.3. The van der Waals surface area contributed by atoms with Crippen LogP contribution in [0.25, 0.3) is 0 Å². The number of phenols is 1. The number of carbonyl (C=O) groups excluding carboxylic acids is 2. The van der Waals surface area contributed by atoms with Crippen LogP contribution in [0.4, 0.5) is 11.4 Å². The van der Waals surface area contributed by atoms with E-state index in [1.165, 1.54) is 11.0 Å². The van der Waals surface area contributed by atoms with E-state index in [9.17, 15) is 24.6 Å². The Morgan fingerprint density at radius 2 is 1.88 bits per heavy atom. The number of anilines is 2. The third kappa shape index (κ3) is 5.31. The molecule has 206 valence electrons. The second-order valence-corrected chi connectivity index (χ2v) is 11.8. The molecule has 0 bridgehead atoms. The van der Waals surface area contributed by atoms with Gasteiger partial charge < -0.3 is 20.3 Å². The summed E-state index contributed by atoms with van der Waals surface area (Å²) in [5, 5.41) is 23.7. The zero-order chi connectivity index (χ0) is 28.8. The number of nitrogens with one attached hydrogen (secondary N) is 1. The number of para-hydroxylation sites is 2. The lowest BCUT2D eigenvalue weighted by atomic mass is 9.73. The highest BCUT2D eigenvalue weighted by molar-refractivity contribution is 9.10. The van der Waals surface area contributed by atoms with Gasteiger partial charge in [-0.15, -0.1) is 0 Å². The molecule has 10 heteroatoms. The van der Waals surface area contributed by atoms with Crippen molar-refractivity contribution in [2.45, 2.75) is 39.2 Å². The molecule has 3 N–H and O–H groups in total. The maximum Gasteiger partial charge on any atom is 0.312 e. The molecule has 1 aliphatic heterocycles. The number of hydrogen-bond acceptors (Lipinski definition) is 6. The lowest BCUT2D eigenvalue weighted by Crippen LogP contribution is -2.40. The lowest BCUT2D eigenvalue weighted by Gasteiger charge is -2.37. The number of carbonyl (C=O) groups is 3. The van der Waals surface area contributed by atoms with Gasteiger partial charge in [-0.05, 0) is 69.7 Å². The van der Waals surface area contributed by atoms with Crippen LogP contribution in [0.1, 0.15) is 44.7 Å². The van der Waals surface area contributed by atoms with Crippen LogP contribution in [0.5, 0.6) is 17.2 Å². The Labute approximate surface area is 244 Å². The number of carboxylic acids is 1. The molecule has 8 nitrogen and oxygen atoms in total. The van der Waals surface area contributed by atoms with Gasteiger partial charge in [0.15, 0.2) is 5.78 Å². The first-order chi connectivity index (χ1) is 18.9. The summed E-state index contributed by atoms with van der Waals surface area (Å²) in [6.45, 7) is 3.94. The third-order valence-electron chi connectivity index (χ3n) is 6.91. The number of aliphatic carboxylic acids is 1. The molecular weight excluding hydrogens is 600 g/mol. The molecule has 0 fully saturated rings. The monoisotopic (exact) mass is 624 g/mol. The maximum atomic E-state index is 13.8. The number of amides is 1. The van der Waals surface area contributed by atoms with Crippen LogP contribution in [0.2, 0.25) is 5.02 Å². The van der Waals surface area contributed by atoms with E-state index in [0.717, 1.165) is 4.47 Å². The molecule has 0 radical (unpaired) electrons. The molecule has 0 saturated carbocycles. The van der Waals surface area contributed by atoms with Gasteiger partial charge in [-0.25, -0.2) is 0 Å². The van der Waals surface area contributed by atoms with Crippen LogP contribution >= 0.6 is 27.5 Å². The minimum atomic E-state index is -1.32. The van der Waals surface area contributed by atoms with Crippen molar-refractivity contribution in [1.29, 1.82) is 0 Å². The van der Waals surface area contributed by atoms with Gasteiger partial charge in [0.25, 0.3) is 0 Å². The maximum absolute atomic E-state index is 13.8. The third-order valence-corrected chi connectivity index (χ3v) is 7.89. The van der Waals surface area contributed by atoms with E-state index in [4.69, 9.17) is 16.3 Å². The molecule has 2 aliphatic rings. The first kappa shape index (κ1) is 27.7. The van der Waals surface area contributed by atoms with Crippen molar-refractivity contribution in [2.24, 2.45) is 5.41 Å². The fraction of sp³-hybridized carbons (Fsp3) is 0.233. The Morgan fingerprint density at radius 3 is 2.58 bits per heavy atom. The van der Waals surface area contributed by atoms with E-state index in [-0.39, 0.29) is 39.8 Å². The highest BCUT2D eigenvalue weighted by Gasteiger charge is 2.44. The normalized spacial score (nSPS) is 17.9. The van der Waals surface area contributed by atoms with Gasteiger partial charge in [0.05, 0.1) is 16.2 Å². The quantitative estimate of drug-likeness (QED) is 0.203. The lowest BCUT2D eigenvalue weighted by molar-refractivity contribution is -0.140. The van der Waals surface area contributed by atoms with Crippen molar-refractivity contribution >= 4 is 56.6 Å². The standard InChI is InChI=1S/C30H26BrClN2O6/c1-30(2)14-20-27(23(36)15-30)29(17-11-10-16(12-19(17)32)40-24-9-4-3-6-18(24)31)34(25(37)13-26(38)39)21-7-5-8-22(35)28(21)33-20/h3-12,29,33,35H,13-15H2,1-2H3,(H,38,39). The van der Waals surface area contributed by atoms with Crippen LogP contribution in [0.3, 0.4) is 0 Å². The van der Waals surface area contributed by atoms with Crippen LogP contribution < -0.4 is 15.0 Å². The highest BCUT2D eigenvalue weighted by Crippen LogP contribution is 2.51. The summed E-state index contributed by atoms with van der Waals surface area (Å²) in [7, 11) is 0. The van der Waals surface area contributed by atoms with Crippen molar-refractivity contribution in [2.75, 3.05) is 10.2 Å². The number of benzene rings is 3. The number of aromatic hydroxyl groups is 1. The zero-order valence-electron chi connectivity index (χ0n) is 21.7. The predicted molar refractivity (Wildman–Crippen MR) is 155 cm³/mol. The number of nitrogens with zero attached hydrogens (tertiary/aromatic N) is 1. The summed E-state index contributed by atoms with van der Waals surface area (Å²) in [5.41, 5.74) is 1.33. The van der Waals surface area contributed by atoms with Crippen molar-refractivity contribution in [1.82, 2.24) is 0 Å². The molecule has 5 rings (SSSR count). The number of halogens is 2. The largest absolute Gasteiger partial charge is 0.506 e. The minimum Gasteiger partial charge on any atom is -0.506 e. The molecule has 1 amide bonds. The fourth-order valence-electron chi connectivity index (χ4n) is 5.27. The summed E-state index contributed by atoms with van der Waals surface area (Å²) in [6, 6.07) is 15.8. The van der Waals surface area contributed by atoms with E-state index >= 15 is 0 Å². The number of Topliss-reactive ketones (excluding diaryl/α,β-unsaturated/α-hetero) is 1. The molecule has 0 spiro atoms. The summed E-state index contributed by atoms with van der Waals surface area (Å²) in [5.74, 6) is -1.43. The molecule has 1 heterocycles. The molecular formula is C30H26BrClN2O6. The van der Waals surface area contributed by atoms with E-state index < -0.39 is 24.3 Å². The first-order valence-corrected chi connectivity index (χ1v) is 13.7. The Balaban J connectivity index is 1.71. The van der Waals surface area contributed by atoms with Gasteiger partial charge in [0, 0.05) is 22.7 Å². The summed E-state index contributed by atoms with van der Waals surface area (Å²) in [6.07, 6.45) is -0.150. The minimum absolute atomic E-state index is 0.141. The van der Waals surface area contributed by atoms with Crippen LogP contribution in [0, 0.1) is 5.41 Å². The Bertz CT molecular complexity index is 1580. The van der Waals surface area contributed by atoms with E-state index in [2.05, 4.69) is 21.2 Å². The van der Waals surface area contributed by atoms with Crippen molar-refractivity contribution in [3.05, 3.63) is 87.0 Å². The predicted octanol–water partition coefficient (Wildman–Crippen LogP) is 7.22. The van der Waals surface area contributed by atoms with Gasteiger partial charge in [-0.3, -0.25) is 19.3 Å². The van der Waals surface area contributed by atoms with Gasteiger partial charge in [-0.1, -0.05) is 49.7 Å².